The number of rotatable bonds is 69. The van der Waals surface area contributed by atoms with Gasteiger partial charge in [-0.2, -0.15) is 0 Å². The molecule has 92 heavy (non-hydrogen) atoms. The minimum atomic E-state index is -4.65. The molecule has 0 aromatic carbocycles. The lowest BCUT2D eigenvalue weighted by Crippen LogP contribution is -2.37. The van der Waals surface area contributed by atoms with Crippen molar-refractivity contribution >= 4 is 19.8 Å². The molecule has 10 heteroatoms. The number of carbonyl (C=O) groups excluding carboxylic acids is 2. The molecule has 0 fully saturated rings. The van der Waals surface area contributed by atoms with E-state index < -0.39 is 26.5 Å². The average molecular weight is 1300 g/mol. The first-order valence-electron chi connectivity index (χ1n) is 37.9. The van der Waals surface area contributed by atoms with Gasteiger partial charge >= 0.3 is 11.9 Å². The number of carbonyl (C=O) groups is 2. The number of allylic oxidation sites excluding steroid dienone is 22. The van der Waals surface area contributed by atoms with Crippen LogP contribution in [0.1, 0.15) is 322 Å². The summed E-state index contributed by atoms with van der Waals surface area (Å²) in [4.78, 5) is 38.2. The van der Waals surface area contributed by atoms with E-state index in [1.807, 2.05) is 21.1 Å². The molecule has 0 aliphatic rings. The van der Waals surface area contributed by atoms with Crippen molar-refractivity contribution in [2.75, 3.05) is 47.5 Å². The topological polar surface area (TPSA) is 111 Å². The monoisotopic (exact) mass is 1300 g/mol. The number of quaternary nitrogens is 1. The molecule has 0 aromatic rings. The Bertz CT molecular complexity index is 2020. The first-order valence-corrected chi connectivity index (χ1v) is 39.4. The van der Waals surface area contributed by atoms with Crippen LogP contribution < -0.4 is 4.89 Å². The first-order chi connectivity index (χ1) is 45.0. The maximum absolute atomic E-state index is 12.9. The molecule has 528 valence electrons. The fourth-order valence-electron chi connectivity index (χ4n) is 10.5. The number of hydrogen-bond acceptors (Lipinski definition) is 8. The Morgan fingerprint density at radius 3 is 0.870 bits per heavy atom. The maximum atomic E-state index is 12.9. The molecule has 0 heterocycles. The van der Waals surface area contributed by atoms with E-state index in [0.717, 1.165) is 109 Å². The third-order valence-corrected chi connectivity index (χ3v) is 17.1. The van der Waals surface area contributed by atoms with Gasteiger partial charge in [-0.3, -0.25) is 14.2 Å². The van der Waals surface area contributed by atoms with Crippen LogP contribution in [-0.2, 0) is 32.7 Å². The Morgan fingerprint density at radius 2 is 0.587 bits per heavy atom. The number of phosphoric acid groups is 1. The van der Waals surface area contributed by atoms with Gasteiger partial charge in [0.1, 0.15) is 19.8 Å². The molecule has 0 saturated carbocycles. The normalized spacial score (nSPS) is 13.8. The first kappa shape index (κ1) is 88.2. The van der Waals surface area contributed by atoms with Gasteiger partial charge in [0.25, 0.3) is 7.82 Å². The number of hydrogen-bond donors (Lipinski definition) is 0. The van der Waals surface area contributed by atoms with Crippen LogP contribution in [0.3, 0.4) is 0 Å². The fourth-order valence-corrected chi connectivity index (χ4v) is 11.2. The van der Waals surface area contributed by atoms with E-state index in [1.165, 1.54) is 180 Å². The third-order valence-electron chi connectivity index (χ3n) is 16.2. The molecule has 0 rings (SSSR count). The molecule has 2 atom stereocenters. The highest BCUT2D eigenvalue weighted by Crippen LogP contribution is 2.38. The zero-order chi connectivity index (χ0) is 66.9. The molecular weight excluding hydrogens is 1160 g/mol. The highest BCUT2D eigenvalue weighted by Gasteiger charge is 2.22. The predicted octanol–water partition coefficient (Wildman–Crippen LogP) is 24.5. The average Bonchev–Trinajstić information content (AvgIpc) is 2.14. The molecule has 0 radical (unpaired) electrons. The summed E-state index contributed by atoms with van der Waals surface area (Å²) in [5.74, 6) is -0.828. The van der Waals surface area contributed by atoms with Crippen LogP contribution in [0.4, 0.5) is 0 Å². The molecule has 0 aliphatic carbocycles. The number of esters is 2. The van der Waals surface area contributed by atoms with Gasteiger partial charge in [-0.25, -0.2) is 0 Å². The molecule has 0 saturated heterocycles. The lowest BCUT2D eigenvalue weighted by molar-refractivity contribution is -0.870. The standard InChI is InChI=1S/C82H142NO8P/c1-6-8-10-12-14-16-18-20-22-24-26-28-30-32-34-36-38-40-41-43-45-47-49-51-53-55-57-59-61-63-65-67-69-71-73-75-82(85)91-80(79-90-92(86,87)89-77-76-83(3,4)5)78-88-81(84)74-72-70-68-66-64-62-60-58-56-54-52-50-48-46-44-42-39-37-35-33-31-29-27-25-23-21-19-17-15-13-11-9-7-2/h8-11,14-17,20-23,26-29,32,34,38,40,43,45,80H,6-7,12-13,18-19,24-25,30-31,33,35-37,39,41-42,44,46-79H2,1-5H3/b10-8-,11-9-,16-14-,17-15-,22-20-,23-21-,28-26-,29-27-,34-32-,40-38-,45-43-. The number of ether oxygens (including phenoxy) is 2. The molecule has 0 bridgehead atoms. The van der Waals surface area contributed by atoms with E-state index in [-0.39, 0.29) is 32.0 Å². The lowest BCUT2D eigenvalue weighted by Gasteiger charge is -2.28. The van der Waals surface area contributed by atoms with Crippen molar-refractivity contribution in [1.29, 1.82) is 0 Å². The van der Waals surface area contributed by atoms with Gasteiger partial charge in [-0.1, -0.05) is 334 Å². The van der Waals surface area contributed by atoms with Crippen LogP contribution in [0.25, 0.3) is 0 Å². The summed E-state index contributed by atoms with van der Waals surface area (Å²) < 4.78 is 34.4. The number of nitrogens with zero attached hydrogens (tertiary/aromatic N) is 1. The summed E-state index contributed by atoms with van der Waals surface area (Å²) in [7, 11) is 1.17. The zero-order valence-corrected chi connectivity index (χ0v) is 61.1. The molecule has 2 unspecified atom stereocenters. The highest BCUT2D eigenvalue weighted by atomic mass is 31.2. The minimum absolute atomic E-state index is 0.0345. The van der Waals surface area contributed by atoms with Crippen LogP contribution >= 0.6 is 7.82 Å². The summed E-state index contributed by atoms with van der Waals surface area (Å²) in [6.07, 6.45) is 104. The van der Waals surface area contributed by atoms with E-state index in [0.29, 0.717) is 17.4 Å². The third kappa shape index (κ3) is 75.2. The molecule has 0 amide bonds. The highest BCUT2D eigenvalue weighted by molar-refractivity contribution is 7.45. The molecular formula is C82H142NO8P. The van der Waals surface area contributed by atoms with Crippen molar-refractivity contribution < 1.29 is 42.1 Å². The van der Waals surface area contributed by atoms with E-state index in [1.54, 1.807) is 0 Å². The molecule has 9 nitrogen and oxygen atoms in total. The van der Waals surface area contributed by atoms with Crippen LogP contribution in [0.15, 0.2) is 134 Å². The fraction of sp³-hybridized carbons (Fsp3) is 0.707. The SMILES string of the molecule is CC/C=C\C/C=C\C/C=C\C/C=C\C/C=C\C/C=C\C/C=C\CCCCCCCCCCCCCCCC(=O)OC(COC(=O)CCCCCCCCCCCCCCCCCCCCCC/C=C\C/C=C\C/C=C\C/C=C\CC)COP(=O)([O-])OCC[N+](C)(C)C. The quantitative estimate of drug-likeness (QED) is 0.0195. The van der Waals surface area contributed by atoms with Crippen molar-refractivity contribution in [2.45, 2.75) is 328 Å². The van der Waals surface area contributed by atoms with Gasteiger partial charge < -0.3 is 27.9 Å². The summed E-state index contributed by atoms with van der Waals surface area (Å²) >= 11 is 0. The molecule has 0 N–H and O–H groups in total. The summed E-state index contributed by atoms with van der Waals surface area (Å²) in [6, 6.07) is 0. The summed E-state index contributed by atoms with van der Waals surface area (Å²) in [6.45, 7) is 4.04. The van der Waals surface area contributed by atoms with Crippen LogP contribution in [-0.4, -0.2) is 70.0 Å². The Labute approximate surface area is 568 Å². The van der Waals surface area contributed by atoms with Crippen LogP contribution in [0.5, 0.6) is 0 Å². The molecule has 0 spiro atoms. The molecule has 0 aromatic heterocycles. The maximum Gasteiger partial charge on any atom is 0.306 e. The second kappa shape index (κ2) is 71.4. The number of unbranched alkanes of at least 4 members (excludes halogenated alkanes) is 33. The Balaban J connectivity index is 4.01. The van der Waals surface area contributed by atoms with Gasteiger partial charge in [0.15, 0.2) is 6.10 Å². The van der Waals surface area contributed by atoms with E-state index >= 15 is 0 Å². The van der Waals surface area contributed by atoms with Crippen molar-refractivity contribution in [2.24, 2.45) is 0 Å². The van der Waals surface area contributed by atoms with Crippen LogP contribution in [0, 0.1) is 0 Å². The smallest absolute Gasteiger partial charge is 0.306 e. The number of likely N-dealkylation sites (N-methyl/N-ethyl adjacent to an activating group) is 1. The minimum Gasteiger partial charge on any atom is -0.756 e. The lowest BCUT2D eigenvalue weighted by atomic mass is 10.0. The largest absolute Gasteiger partial charge is 0.756 e. The van der Waals surface area contributed by atoms with Crippen molar-refractivity contribution in [1.82, 2.24) is 0 Å². The van der Waals surface area contributed by atoms with E-state index in [9.17, 15) is 19.0 Å². The van der Waals surface area contributed by atoms with Crippen molar-refractivity contribution in [3.05, 3.63) is 134 Å². The van der Waals surface area contributed by atoms with Crippen LogP contribution in [0.2, 0.25) is 0 Å². The Morgan fingerprint density at radius 1 is 0.337 bits per heavy atom. The van der Waals surface area contributed by atoms with E-state index in [4.69, 9.17) is 18.5 Å². The van der Waals surface area contributed by atoms with Gasteiger partial charge in [0, 0.05) is 12.8 Å². The predicted molar refractivity (Wildman–Crippen MR) is 397 cm³/mol. The van der Waals surface area contributed by atoms with E-state index in [2.05, 4.69) is 148 Å². The Kier molecular flexibility index (Phi) is 68.5. The van der Waals surface area contributed by atoms with Gasteiger partial charge in [0.2, 0.25) is 0 Å². The second-order valence-electron chi connectivity index (χ2n) is 26.3. The zero-order valence-electron chi connectivity index (χ0n) is 60.2. The summed E-state index contributed by atoms with van der Waals surface area (Å²) in [5, 5.41) is 0. The second-order valence-corrected chi connectivity index (χ2v) is 27.7. The van der Waals surface area contributed by atoms with Gasteiger partial charge in [-0.05, 0) is 109 Å². The summed E-state index contributed by atoms with van der Waals surface area (Å²) in [5.41, 5.74) is 0. The number of phosphoric ester groups is 1. The van der Waals surface area contributed by atoms with Gasteiger partial charge in [0.05, 0.1) is 27.7 Å². The Hall–Kier alpha value is -3.85. The van der Waals surface area contributed by atoms with Crippen molar-refractivity contribution in [3.8, 4) is 0 Å². The van der Waals surface area contributed by atoms with Gasteiger partial charge in [-0.15, -0.1) is 0 Å². The van der Waals surface area contributed by atoms with Crippen molar-refractivity contribution in [3.63, 3.8) is 0 Å². The molecule has 0 aliphatic heterocycles.